The predicted octanol–water partition coefficient (Wildman–Crippen LogP) is 3.39. The molecular formula is C14H16FNO. The highest BCUT2D eigenvalue weighted by molar-refractivity contribution is 5.39. The van der Waals surface area contributed by atoms with E-state index in [0.717, 1.165) is 22.5 Å². The van der Waals surface area contributed by atoms with E-state index in [1.807, 2.05) is 32.9 Å². The Morgan fingerprint density at radius 2 is 1.88 bits per heavy atom. The summed E-state index contributed by atoms with van der Waals surface area (Å²) in [6.07, 6.45) is 1.58. The zero-order chi connectivity index (χ0) is 12.6. The number of rotatable bonds is 2. The number of nitrogens with two attached hydrogens (primary N) is 1. The summed E-state index contributed by atoms with van der Waals surface area (Å²) in [5.74, 6) is 0.523. The van der Waals surface area contributed by atoms with Gasteiger partial charge in [0, 0.05) is 11.1 Å². The second kappa shape index (κ2) is 4.34. The summed E-state index contributed by atoms with van der Waals surface area (Å²) in [4.78, 5) is 0. The van der Waals surface area contributed by atoms with Crippen molar-refractivity contribution >= 4 is 0 Å². The molecule has 0 spiro atoms. The third-order valence-electron chi connectivity index (χ3n) is 2.90. The van der Waals surface area contributed by atoms with E-state index in [1.165, 1.54) is 6.07 Å². The summed E-state index contributed by atoms with van der Waals surface area (Å²) in [5, 5.41) is 0. The summed E-state index contributed by atoms with van der Waals surface area (Å²) in [6, 6.07) is 4.80. The van der Waals surface area contributed by atoms with Crippen molar-refractivity contribution in [2.75, 3.05) is 0 Å². The lowest BCUT2D eigenvalue weighted by Crippen LogP contribution is -2.14. The Hall–Kier alpha value is -1.61. The van der Waals surface area contributed by atoms with Crippen molar-refractivity contribution in [2.45, 2.75) is 26.8 Å². The van der Waals surface area contributed by atoms with Gasteiger partial charge in [-0.25, -0.2) is 4.39 Å². The topological polar surface area (TPSA) is 39.2 Å². The molecule has 3 heteroatoms. The number of aryl methyl sites for hydroxylation is 3. The van der Waals surface area contributed by atoms with Crippen molar-refractivity contribution in [3.8, 4) is 0 Å². The zero-order valence-electron chi connectivity index (χ0n) is 10.3. The van der Waals surface area contributed by atoms with Crippen LogP contribution in [0.4, 0.5) is 4.39 Å². The van der Waals surface area contributed by atoms with Crippen LogP contribution in [0, 0.1) is 26.6 Å². The second-order valence-corrected chi connectivity index (χ2v) is 4.45. The first kappa shape index (κ1) is 11.9. The first-order chi connectivity index (χ1) is 7.99. The fourth-order valence-corrected chi connectivity index (χ4v) is 2.11. The Morgan fingerprint density at radius 3 is 2.41 bits per heavy atom. The van der Waals surface area contributed by atoms with Crippen molar-refractivity contribution in [3.63, 3.8) is 0 Å². The molecule has 1 atom stereocenters. The molecule has 0 saturated carbocycles. The molecule has 0 aliphatic heterocycles. The maximum Gasteiger partial charge on any atom is 0.128 e. The van der Waals surface area contributed by atoms with Gasteiger partial charge in [-0.05, 0) is 44.0 Å². The van der Waals surface area contributed by atoms with Crippen LogP contribution >= 0.6 is 0 Å². The summed E-state index contributed by atoms with van der Waals surface area (Å²) in [6.45, 7) is 5.58. The molecule has 0 radical (unpaired) electrons. The van der Waals surface area contributed by atoms with E-state index in [9.17, 15) is 4.39 Å². The standard InChI is InChI=1S/C14H16FNO/c1-8-4-9(2)13(12(15)5-8)14(16)11-6-10(3)17-7-11/h4-7,14H,16H2,1-3H3. The highest BCUT2D eigenvalue weighted by Gasteiger charge is 2.18. The highest BCUT2D eigenvalue weighted by atomic mass is 19.1. The maximum absolute atomic E-state index is 13.9. The number of hydrogen-bond donors (Lipinski definition) is 1. The fraction of sp³-hybridized carbons (Fsp3) is 0.286. The van der Waals surface area contributed by atoms with E-state index in [0.29, 0.717) is 5.56 Å². The van der Waals surface area contributed by atoms with Gasteiger partial charge in [-0.1, -0.05) is 6.07 Å². The van der Waals surface area contributed by atoms with Crippen molar-refractivity contribution in [1.82, 2.24) is 0 Å². The van der Waals surface area contributed by atoms with Gasteiger partial charge in [0.2, 0.25) is 0 Å². The minimum Gasteiger partial charge on any atom is -0.469 e. The molecule has 0 aliphatic rings. The quantitative estimate of drug-likeness (QED) is 0.863. The van der Waals surface area contributed by atoms with Crippen LogP contribution in [0.3, 0.4) is 0 Å². The molecule has 0 bridgehead atoms. The van der Waals surface area contributed by atoms with Crippen LogP contribution in [0.2, 0.25) is 0 Å². The number of benzene rings is 1. The number of hydrogen-bond acceptors (Lipinski definition) is 2. The molecule has 1 unspecified atom stereocenters. The maximum atomic E-state index is 13.9. The van der Waals surface area contributed by atoms with Gasteiger partial charge in [-0.15, -0.1) is 0 Å². The largest absolute Gasteiger partial charge is 0.469 e. The van der Waals surface area contributed by atoms with Crippen LogP contribution in [0.15, 0.2) is 28.9 Å². The molecule has 1 aromatic heterocycles. The van der Waals surface area contributed by atoms with Gasteiger partial charge in [-0.2, -0.15) is 0 Å². The third-order valence-corrected chi connectivity index (χ3v) is 2.90. The van der Waals surface area contributed by atoms with Gasteiger partial charge < -0.3 is 10.2 Å². The van der Waals surface area contributed by atoms with Crippen LogP contribution in [-0.4, -0.2) is 0 Å². The average molecular weight is 233 g/mol. The normalized spacial score (nSPS) is 12.8. The van der Waals surface area contributed by atoms with Gasteiger partial charge in [-0.3, -0.25) is 0 Å². The molecule has 2 rings (SSSR count). The number of halogens is 1. The Balaban J connectivity index is 2.47. The molecule has 2 aromatic rings. The fourth-order valence-electron chi connectivity index (χ4n) is 2.11. The smallest absolute Gasteiger partial charge is 0.128 e. The zero-order valence-corrected chi connectivity index (χ0v) is 10.3. The first-order valence-corrected chi connectivity index (χ1v) is 5.56. The third kappa shape index (κ3) is 2.24. The van der Waals surface area contributed by atoms with Crippen LogP contribution in [0.5, 0.6) is 0 Å². The van der Waals surface area contributed by atoms with E-state index < -0.39 is 6.04 Å². The Morgan fingerprint density at radius 1 is 1.18 bits per heavy atom. The summed E-state index contributed by atoms with van der Waals surface area (Å²) in [7, 11) is 0. The number of furan rings is 1. The molecule has 1 aromatic carbocycles. The Bertz CT molecular complexity index is 522. The molecule has 1 heterocycles. The van der Waals surface area contributed by atoms with Crippen molar-refractivity contribution in [2.24, 2.45) is 5.73 Å². The second-order valence-electron chi connectivity index (χ2n) is 4.45. The summed E-state index contributed by atoms with van der Waals surface area (Å²) in [5.41, 5.74) is 9.19. The van der Waals surface area contributed by atoms with Gasteiger partial charge in [0.25, 0.3) is 0 Å². The van der Waals surface area contributed by atoms with E-state index in [-0.39, 0.29) is 5.82 Å². The Labute approximate surface area is 100 Å². The lowest BCUT2D eigenvalue weighted by atomic mass is 9.95. The van der Waals surface area contributed by atoms with Gasteiger partial charge in [0.15, 0.2) is 0 Å². The van der Waals surface area contributed by atoms with Crippen LogP contribution in [0.1, 0.15) is 34.1 Å². The molecule has 0 amide bonds. The van der Waals surface area contributed by atoms with Crippen molar-refractivity contribution in [3.05, 3.63) is 58.3 Å². The average Bonchev–Trinajstić information content (AvgIpc) is 2.63. The predicted molar refractivity (Wildman–Crippen MR) is 65.3 cm³/mol. The first-order valence-electron chi connectivity index (χ1n) is 5.56. The monoisotopic (exact) mass is 233 g/mol. The molecule has 17 heavy (non-hydrogen) atoms. The molecule has 2 N–H and O–H groups in total. The van der Waals surface area contributed by atoms with Gasteiger partial charge in [0.05, 0.1) is 12.3 Å². The Kier molecular flexibility index (Phi) is 3.03. The van der Waals surface area contributed by atoms with E-state index in [4.69, 9.17) is 10.2 Å². The van der Waals surface area contributed by atoms with E-state index in [2.05, 4.69) is 0 Å². The lowest BCUT2D eigenvalue weighted by Gasteiger charge is -2.15. The molecule has 0 aliphatic carbocycles. The minimum atomic E-state index is -0.479. The van der Waals surface area contributed by atoms with E-state index in [1.54, 1.807) is 6.26 Å². The molecule has 0 saturated heterocycles. The van der Waals surface area contributed by atoms with Crippen molar-refractivity contribution in [1.29, 1.82) is 0 Å². The molecule has 0 fully saturated rings. The molecule has 90 valence electrons. The van der Waals surface area contributed by atoms with Crippen LogP contribution in [-0.2, 0) is 0 Å². The van der Waals surface area contributed by atoms with E-state index >= 15 is 0 Å². The van der Waals surface area contributed by atoms with Crippen molar-refractivity contribution < 1.29 is 8.81 Å². The van der Waals surface area contributed by atoms with Crippen LogP contribution < -0.4 is 5.73 Å². The molecular weight excluding hydrogens is 217 g/mol. The minimum absolute atomic E-state index is 0.256. The van der Waals surface area contributed by atoms with Gasteiger partial charge in [0.1, 0.15) is 11.6 Å². The molecule has 2 nitrogen and oxygen atoms in total. The highest BCUT2D eigenvalue weighted by Crippen LogP contribution is 2.27. The van der Waals surface area contributed by atoms with Gasteiger partial charge >= 0.3 is 0 Å². The summed E-state index contributed by atoms with van der Waals surface area (Å²) < 4.78 is 19.2. The SMILES string of the molecule is Cc1cc(C)c(C(N)c2coc(C)c2)c(F)c1. The summed E-state index contributed by atoms with van der Waals surface area (Å²) >= 11 is 0. The lowest BCUT2D eigenvalue weighted by molar-refractivity contribution is 0.529. The van der Waals surface area contributed by atoms with Crippen LogP contribution in [0.25, 0.3) is 0 Å².